The summed E-state index contributed by atoms with van der Waals surface area (Å²) in [7, 11) is 0. The van der Waals surface area contributed by atoms with E-state index in [-0.39, 0.29) is 0 Å². The molecule has 0 aliphatic heterocycles. The first-order valence-corrected chi connectivity index (χ1v) is 10.9. The molecule has 0 atom stereocenters. The van der Waals surface area contributed by atoms with Crippen molar-refractivity contribution in [1.29, 1.82) is 0 Å². The van der Waals surface area contributed by atoms with Gasteiger partial charge in [0.25, 0.3) is 0 Å². The molecule has 0 bridgehead atoms. The third kappa shape index (κ3) is 3.50. The number of thiazole rings is 2. The summed E-state index contributed by atoms with van der Waals surface area (Å²) in [5, 5.41) is 8.09. The Kier molecular flexibility index (Phi) is 4.88. The van der Waals surface area contributed by atoms with Crippen LogP contribution in [0.4, 0.5) is 10.3 Å². The van der Waals surface area contributed by atoms with E-state index < -0.39 is 0 Å². The number of benzene rings is 2. The van der Waals surface area contributed by atoms with E-state index in [0.717, 1.165) is 31.7 Å². The zero-order valence-electron chi connectivity index (χ0n) is 12.9. The van der Waals surface area contributed by atoms with Crippen LogP contribution in [0, 0.1) is 0 Å². The number of halogens is 2. The van der Waals surface area contributed by atoms with Crippen LogP contribution in [0.25, 0.3) is 21.5 Å². The SMILES string of the molecule is CSc1cccc2sc(Nc3nc(-c4ccc(Cl)cc4Cl)cs3)nc12. The summed E-state index contributed by atoms with van der Waals surface area (Å²) in [6.07, 6.45) is 2.06. The lowest BCUT2D eigenvalue weighted by Crippen LogP contribution is -1.88. The lowest BCUT2D eigenvalue weighted by Gasteiger charge is -2.01. The molecular formula is C17H11Cl2N3S3. The Balaban J connectivity index is 1.63. The summed E-state index contributed by atoms with van der Waals surface area (Å²) >= 11 is 17.1. The first-order valence-electron chi connectivity index (χ1n) is 7.25. The van der Waals surface area contributed by atoms with Crippen LogP contribution in [0.5, 0.6) is 0 Å². The number of nitrogens with zero attached hydrogens (tertiary/aromatic N) is 2. The third-order valence-electron chi connectivity index (χ3n) is 3.53. The monoisotopic (exact) mass is 423 g/mol. The molecule has 0 fully saturated rings. The number of para-hydroxylation sites is 1. The predicted molar refractivity (Wildman–Crippen MR) is 112 cm³/mol. The average molecular weight is 424 g/mol. The smallest absolute Gasteiger partial charge is 0.190 e. The average Bonchev–Trinajstić information content (AvgIpc) is 3.21. The second-order valence-electron chi connectivity index (χ2n) is 5.11. The van der Waals surface area contributed by atoms with Gasteiger partial charge in [-0.1, -0.05) is 40.6 Å². The molecule has 0 radical (unpaired) electrons. The van der Waals surface area contributed by atoms with Crippen molar-refractivity contribution in [2.75, 3.05) is 11.6 Å². The molecule has 0 saturated heterocycles. The quantitative estimate of drug-likeness (QED) is 0.352. The fourth-order valence-electron chi connectivity index (χ4n) is 2.38. The van der Waals surface area contributed by atoms with Crippen LogP contribution in [0.3, 0.4) is 0 Å². The molecule has 0 aliphatic carbocycles. The van der Waals surface area contributed by atoms with Gasteiger partial charge in [0, 0.05) is 20.9 Å². The van der Waals surface area contributed by atoms with Gasteiger partial charge in [-0.05, 0) is 36.6 Å². The van der Waals surface area contributed by atoms with E-state index in [1.165, 1.54) is 16.2 Å². The topological polar surface area (TPSA) is 37.8 Å². The Morgan fingerprint density at radius 3 is 2.76 bits per heavy atom. The minimum Gasteiger partial charge on any atom is -0.307 e. The van der Waals surface area contributed by atoms with Crippen LogP contribution in [0.15, 0.2) is 46.7 Å². The van der Waals surface area contributed by atoms with Gasteiger partial charge in [0.05, 0.1) is 20.9 Å². The number of hydrogen-bond acceptors (Lipinski definition) is 6. The minimum absolute atomic E-state index is 0.592. The van der Waals surface area contributed by atoms with Crippen LogP contribution in [0.1, 0.15) is 0 Å². The largest absolute Gasteiger partial charge is 0.307 e. The van der Waals surface area contributed by atoms with Gasteiger partial charge in [-0.25, -0.2) is 9.97 Å². The van der Waals surface area contributed by atoms with Crippen molar-refractivity contribution in [1.82, 2.24) is 9.97 Å². The highest BCUT2D eigenvalue weighted by Gasteiger charge is 2.12. The van der Waals surface area contributed by atoms with E-state index in [4.69, 9.17) is 28.2 Å². The maximum Gasteiger partial charge on any atom is 0.190 e. The van der Waals surface area contributed by atoms with Gasteiger partial charge in [0.1, 0.15) is 0 Å². The maximum atomic E-state index is 6.27. The van der Waals surface area contributed by atoms with Crippen LogP contribution in [0.2, 0.25) is 10.0 Å². The molecule has 8 heteroatoms. The molecule has 0 spiro atoms. The van der Waals surface area contributed by atoms with Crippen molar-refractivity contribution in [2.24, 2.45) is 0 Å². The fourth-order valence-corrected chi connectivity index (χ4v) is 5.18. The molecule has 3 nitrogen and oxygen atoms in total. The van der Waals surface area contributed by atoms with Crippen molar-refractivity contribution >= 4 is 78.1 Å². The molecule has 2 aromatic heterocycles. The number of fused-ring (bicyclic) bond motifs is 1. The first kappa shape index (κ1) is 17.1. The fraction of sp³-hybridized carbons (Fsp3) is 0.0588. The van der Waals surface area contributed by atoms with Crippen LogP contribution < -0.4 is 5.32 Å². The van der Waals surface area contributed by atoms with Crippen molar-refractivity contribution < 1.29 is 0 Å². The number of aromatic nitrogens is 2. The summed E-state index contributed by atoms with van der Waals surface area (Å²) in [5.74, 6) is 0. The number of hydrogen-bond donors (Lipinski definition) is 1. The minimum atomic E-state index is 0.592. The summed E-state index contributed by atoms with van der Waals surface area (Å²) in [6, 6.07) is 11.6. The van der Waals surface area contributed by atoms with E-state index in [1.807, 2.05) is 17.5 Å². The van der Waals surface area contributed by atoms with E-state index >= 15 is 0 Å². The molecular weight excluding hydrogens is 413 g/mol. The Bertz CT molecular complexity index is 1060. The van der Waals surface area contributed by atoms with Crippen LogP contribution >= 0.6 is 57.6 Å². The zero-order chi connectivity index (χ0) is 17.4. The van der Waals surface area contributed by atoms with Crippen molar-refractivity contribution in [3.05, 3.63) is 51.8 Å². The number of anilines is 2. The molecule has 2 heterocycles. The Morgan fingerprint density at radius 1 is 1.08 bits per heavy atom. The molecule has 0 aliphatic rings. The highest BCUT2D eigenvalue weighted by atomic mass is 35.5. The van der Waals surface area contributed by atoms with Gasteiger partial charge < -0.3 is 5.32 Å². The summed E-state index contributed by atoms with van der Waals surface area (Å²) in [5.41, 5.74) is 2.71. The summed E-state index contributed by atoms with van der Waals surface area (Å²) in [6.45, 7) is 0. The van der Waals surface area contributed by atoms with Gasteiger partial charge in [-0.15, -0.1) is 23.1 Å². The molecule has 0 amide bonds. The maximum absolute atomic E-state index is 6.27. The normalized spacial score (nSPS) is 11.2. The predicted octanol–water partition coefficient (Wildman–Crippen LogP) is 7.19. The Hall–Kier alpha value is -1.31. The van der Waals surface area contributed by atoms with Gasteiger partial charge in [0.15, 0.2) is 10.3 Å². The summed E-state index contributed by atoms with van der Waals surface area (Å²) < 4.78 is 1.16. The zero-order valence-corrected chi connectivity index (χ0v) is 16.9. The highest BCUT2D eigenvalue weighted by Crippen LogP contribution is 2.36. The molecule has 4 aromatic rings. The standard InChI is InChI=1S/C17H11Cl2N3S3/c1-23-13-3-2-4-14-15(13)21-17(25-14)22-16-20-12(8-24-16)10-6-5-9(18)7-11(10)19/h2-8H,1H3,(H,20,21,22). The lowest BCUT2D eigenvalue weighted by molar-refractivity contribution is 1.35. The molecule has 126 valence electrons. The molecule has 1 N–H and O–H groups in total. The second-order valence-corrected chi connectivity index (χ2v) is 8.69. The van der Waals surface area contributed by atoms with Crippen molar-refractivity contribution in [2.45, 2.75) is 4.90 Å². The van der Waals surface area contributed by atoms with Gasteiger partial charge >= 0.3 is 0 Å². The van der Waals surface area contributed by atoms with E-state index in [1.54, 1.807) is 29.2 Å². The molecule has 0 saturated carbocycles. The van der Waals surface area contributed by atoms with Gasteiger partial charge in [0.2, 0.25) is 0 Å². The third-order valence-corrected chi connectivity index (χ3v) is 6.54. The molecule has 0 unspecified atom stereocenters. The van der Waals surface area contributed by atoms with E-state index in [0.29, 0.717) is 10.0 Å². The second kappa shape index (κ2) is 7.13. The van der Waals surface area contributed by atoms with E-state index in [9.17, 15) is 0 Å². The number of thioether (sulfide) groups is 1. The highest BCUT2D eigenvalue weighted by molar-refractivity contribution is 7.98. The van der Waals surface area contributed by atoms with Crippen molar-refractivity contribution in [3.63, 3.8) is 0 Å². The summed E-state index contributed by atoms with van der Waals surface area (Å²) in [4.78, 5) is 10.5. The Morgan fingerprint density at radius 2 is 1.96 bits per heavy atom. The number of rotatable bonds is 4. The molecule has 25 heavy (non-hydrogen) atoms. The van der Waals surface area contributed by atoms with Crippen LogP contribution in [-0.4, -0.2) is 16.2 Å². The van der Waals surface area contributed by atoms with Crippen molar-refractivity contribution in [3.8, 4) is 11.3 Å². The van der Waals surface area contributed by atoms with Gasteiger partial charge in [-0.2, -0.15) is 0 Å². The number of nitrogens with one attached hydrogen (secondary N) is 1. The van der Waals surface area contributed by atoms with Crippen LogP contribution in [-0.2, 0) is 0 Å². The molecule has 2 aromatic carbocycles. The van der Waals surface area contributed by atoms with Gasteiger partial charge in [-0.3, -0.25) is 0 Å². The molecule has 4 rings (SSSR count). The van der Waals surface area contributed by atoms with E-state index in [2.05, 4.69) is 34.8 Å². The Labute approximate surface area is 167 Å². The lowest BCUT2D eigenvalue weighted by atomic mass is 10.2. The first-order chi connectivity index (χ1) is 12.1.